The van der Waals surface area contributed by atoms with E-state index in [1.807, 2.05) is 12.1 Å². The third-order valence-electron chi connectivity index (χ3n) is 10.2. The molecule has 0 atom stereocenters. The van der Waals surface area contributed by atoms with Crippen LogP contribution in [0.4, 0.5) is 0 Å². The Morgan fingerprint density at radius 1 is 0.346 bits per heavy atom. The summed E-state index contributed by atoms with van der Waals surface area (Å²) in [5, 5.41) is 4.87. The van der Waals surface area contributed by atoms with Crippen molar-refractivity contribution in [3.05, 3.63) is 181 Å². The molecule has 3 heterocycles. The van der Waals surface area contributed by atoms with Gasteiger partial charge in [0.15, 0.2) is 0 Å². The quantitative estimate of drug-likeness (QED) is 0.183. The molecule has 0 unspecified atom stereocenters. The highest BCUT2D eigenvalue weighted by atomic mass is 15.2. The minimum absolute atomic E-state index is 0.655. The van der Waals surface area contributed by atoms with Crippen LogP contribution in [-0.4, -0.2) is 19.1 Å². The minimum atomic E-state index is 0.655. The van der Waals surface area contributed by atoms with E-state index >= 15 is 0 Å². The van der Waals surface area contributed by atoms with Crippen molar-refractivity contribution >= 4 is 43.6 Å². The van der Waals surface area contributed by atoms with Crippen molar-refractivity contribution in [1.29, 1.82) is 0 Å². The van der Waals surface area contributed by atoms with Gasteiger partial charge in [0.2, 0.25) is 5.95 Å². The predicted octanol–water partition coefficient (Wildman–Crippen LogP) is 12.3. The summed E-state index contributed by atoms with van der Waals surface area (Å²) in [7, 11) is 0. The van der Waals surface area contributed by atoms with Crippen LogP contribution >= 0.6 is 0 Å². The molecule has 0 aliphatic rings. The molecule has 0 N–H and O–H groups in total. The van der Waals surface area contributed by atoms with E-state index in [1.54, 1.807) is 0 Å². The first-order chi connectivity index (χ1) is 25.6. The van der Waals surface area contributed by atoms with Gasteiger partial charge in [-0.1, -0.05) is 114 Å². The van der Waals surface area contributed by atoms with E-state index in [4.69, 9.17) is 9.97 Å². The summed E-state index contributed by atoms with van der Waals surface area (Å²) in [6.45, 7) is 4.33. The molecule has 0 saturated carbocycles. The van der Waals surface area contributed by atoms with E-state index in [1.165, 1.54) is 54.8 Å². The number of hydrogen-bond acceptors (Lipinski definition) is 2. The molecule has 0 spiro atoms. The highest BCUT2D eigenvalue weighted by Crippen LogP contribution is 2.39. The maximum absolute atomic E-state index is 5.22. The Morgan fingerprint density at radius 2 is 0.750 bits per heavy atom. The van der Waals surface area contributed by atoms with Crippen LogP contribution in [0, 0.1) is 13.8 Å². The number of nitrogens with zero attached hydrogens (tertiary/aromatic N) is 4. The zero-order valence-corrected chi connectivity index (χ0v) is 29.0. The van der Waals surface area contributed by atoms with Crippen LogP contribution in [0.3, 0.4) is 0 Å². The largest absolute Gasteiger partial charge is 0.309 e. The lowest BCUT2D eigenvalue weighted by Gasteiger charge is -2.12. The first-order valence-corrected chi connectivity index (χ1v) is 17.7. The minimum Gasteiger partial charge on any atom is -0.309 e. The Morgan fingerprint density at radius 3 is 1.23 bits per heavy atom. The van der Waals surface area contributed by atoms with Gasteiger partial charge >= 0.3 is 0 Å². The molecule has 10 rings (SSSR count). The number of benzene rings is 7. The molecule has 0 fully saturated rings. The van der Waals surface area contributed by atoms with E-state index in [0.717, 1.165) is 39.2 Å². The molecule has 0 aliphatic heterocycles. The fraction of sp³-hybridized carbons (Fsp3) is 0.0417. The molecule has 0 saturated heterocycles. The van der Waals surface area contributed by atoms with Crippen molar-refractivity contribution in [3.8, 4) is 45.3 Å². The van der Waals surface area contributed by atoms with Gasteiger partial charge < -0.3 is 4.57 Å². The van der Waals surface area contributed by atoms with Crippen molar-refractivity contribution in [2.24, 2.45) is 0 Å². The van der Waals surface area contributed by atoms with Crippen molar-refractivity contribution in [2.75, 3.05) is 0 Å². The second-order valence-electron chi connectivity index (χ2n) is 13.7. The monoisotopic (exact) mass is 666 g/mol. The molecule has 3 aromatic heterocycles. The molecular weight excluding hydrogens is 633 g/mol. The third-order valence-corrected chi connectivity index (χ3v) is 10.2. The summed E-state index contributed by atoms with van der Waals surface area (Å²) in [6.07, 6.45) is 0. The molecule has 0 aliphatic carbocycles. The molecule has 7 aromatic carbocycles. The predicted molar refractivity (Wildman–Crippen MR) is 216 cm³/mol. The normalized spacial score (nSPS) is 11.7. The van der Waals surface area contributed by atoms with Gasteiger partial charge in [-0.05, 0) is 91.7 Å². The van der Waals surface area contributed by atoms with Gasteiger partial charge in [-0.3, -0.25) is 4.57 Å². The van der Waals surface area contributed by atoms with Crippen molar-refractivity contribution in [2.45, 2.75) is 13.8 Å². The molecule has 0 bridgehead atoms. The first kappa shape index (κ1) is 30.1. The number of rotatable bonds is 5. The highest BCUT2D eigenvalue weighted by molar-refractivity contribution is 6.12. The standard InChI is InChI=1S/C48H34N4/c1-31-18-22-44-38(26-31)40-28-35(20-24-45(40)51(44)37-16-10-5-11-17-37)36-21-25-47-41(29-36)39-27-32(2)19-23-46(39)52(47)48-49-42(33-12-6-3-7-13-33)30-43(50-48)34-14-8-4-9-15-34/h3-30H,1-2H3. The molecule has 0 radical (unpaired) electrons. The van der Waals surface area contributed by atoms with Gasteiger partial charge in [0.05, 0.1) is 33.5 Å². The number of fused-ring (bicyclic) bond motifs is 6. The maximum Gasteiger partial charge on any atom is 0.235 e. The maximum atomic E-state index is 5.22. The van der Waals surface area contributed by atoms with Crippen LogP contribution in [0.5, 0.6) is 0 Å². The molecule has 246 valence electrons. The van der Waals surface area contributed by atoms with Gasteiger partial charge in [-0.2, -0.15) is 0 Å². The van der Waals surface area contributed by atoms with E-state index < -0.39 is 0 Å². The Hall–Kier alpha value is -6.78. The zero-order valence-electron chi connectivity index (χ0n) is 29.0. The van der Waals surface area contributed by atoms with Gasteiger partial charge in [-0.15, -0.1) is 0 Å². The van der Waals surface area contributed by atoms with E-state index in [9.17, 15) is 0 Å². The Labute approximate surface area is 301 Å². The number of hydrogen-bond donors (Lipinski definition) is 0. The molecule has 52 heavy (non-hydrogen) atoms. The fourth-order valence-electron chi connectivity index (χ4n) is 7.75. The average Bonchev–Trinajstić information content (AvgIpc) is 3.70. The molecule has 0 amide bonds. The van der Waals surface area contributed by atoms with Crippen LogP contribution in [0.25, 0.3) is 88.9 Å². The van der Waals surface area contributed by atoms with Gasteiger partial charge in [0.25, 0.3) is 0 Å². The fourth-order valence-corrected chi connectivity index (χ4v) is 7.75. The Kier molecular flexibility index (Phi) is 6.90. The topological polar surface area (TPSA) is 35.6 Å². The van der Waals surface area contributed by atoms with E-state index in [-0.39, 0.29) is 0 Å². The van der Waals surface area contributed by atoms with Crippen LogP contribution in [0.2, 0.25) is 0 Å². The number of aromatic nitrogens is 4. The van der Waals surface area contributed by atoms with Gasteiger partial charge in [-0.25, -0.2) is 9.97 Å². The highest BCUT2D eigenvalue weighted by Gasteiger charge is 2.19. The Bertz CT molecular complexity index is 2900. The summed E-state index contributed by atoms with van der Waals surface area (Å²) >= 11 is 0. The van der Waals surface area contributed by atoms with Gasteiger partial charge in [0.1, 0.15) is 0 Å². The van der Waals surface area contributed by atoms with Crippen LogP contribution in [-0.2, 0) is 0 Å². The van der Waals surface area contributed by atoms with Crippen LogP contribution in [0.15, 0.2) is 170 Å². The van der Waals surface area contributed by atoms with Crippen molar-refractivity contribution in [1.82, 2.24) is 19.1 Å². The summed E-state index contributed by atoms with van der Waals surface area (Å²) < 4.78 is 4.60. The SMILES string of the molecule is Cc1ccc2c(c1)c1cc(-c3ccc4c(c3)c3cc(C)ccc3n4-c3nc(-c4ccccc4)cc(-c4ccccc4)n3)ccc1n2-c1ccccc1. The van der Waals surface area contributed by atoms with Crippen LogP contribution < -0.4 is 0 Å². The molecule has 4 heteroatoms. The molecule has 4 nitrogen and oxygen atoms in total. The van der Waals surface area contributed by atoms with E-state index in [0.29, 0.717) is 5.95 Å². The Balaban J connectivity index is 1.19. The van der Waals surface area contributed by atoms with Gasteiger partial charge in [0, 0.05) is 38.4 Å². The smallest absolute Gasteiger partial charge is 0.235 e. The van der Waals surface area contributed by atoms with E-state index in [2.05, 4.69) is 181 Å². The zero-order chi connectivity index (χ0) is 34.8. The number of aryl methyl sites for hydroxylation is 2. The summed E-state index contributed by atoms with van der Waals surface area (Å²) in [6, 6.07) is 60.6. The first-order valence-electron chi connectivity index (χ1n) is 17.7. The second-order valence-corrected chi connectivity index (χ2v) is 13.7. The third kappa shape index (κ3) is 4.91. The molecule has 10 aromatic rings. The van der Waals surface area contributed by atoms with Crippen LogP contribution in [0.1, 0.15) is 11.1 Å². The lowest BCUT2D eigenvalue weighted by molar-refractivity contribution is 0.995. The summed E-state index contributed by atoms with van der Waals surface area (Å²) in [4.78, 5) is 10.4. The number of para-hydroxylation sites is 1. The lowest BCUT2D eigenvalue weighted by Crippen LogP contribution is -2.04. The lowest BCUT2D eigenvalue weighted by atomic mass is 10.00. The second kappa shape index (κ2) is 11.9. The summed E-state index contributed by atoms with van der Waals surface area (Å²) in [5.74, 6) is 0.655. The average molecular weight is 667 g/mol. The molecular formula is C48H34N4. The summed E-state index contributed by atoms with van der Waals surface area (Å²) in [5.41, 5.74) is 14.5. The van der Waals surface area contributed by atoms with Crippen molar-refractivity contribution < 1.29 is 0 Å². The van der Waals surface area contributed by atoms with Crippen molar-refractivity contribution in [3.63, 3.8) is 0 Å².